The third-order valence-electron chi connectivity index (χ3n) is 6.23. The summed E-state index contributed by atoms with van der Waals surface area (Å²) in [6.07, 6.45) is 8.64. The number of aromatic nitrogens is 1. The molecule has 0 radical (unpaired) electrons. The maximum Gasteiger partial charge on any atom is 0.242 e. The van der Waals surface area contributed by atoms with Crippen molar-refractivity contribution >= 4 is 17.6 Å². The van der Waals surface area contributed by atoms with E-state index in [2.05, 4.69) is 174 Å². The van der Waals surface area contributed by atoms with E-state index < -0.39 is 11.1 Å². The average Bonchev–Trinajstić information content (AvgIpc) is 3.23. The molecule has 2 aromatic rings. The standard InChI is InChI=1S/C23H33N5O2.C23H4.H3N5O2.14H2/c1-16(2)27-20(10-9-18-7-5-4-6-8-18)23(30)28-17(3)22(29)26-14-12-19-11-13-25-21(24)15-19;1-3-5-7-9-11-13-15-17-19-21-23-22-20-18-16-14-12-10-8-6-4-2;1-2-3-4-5(6)7;;;;;;;;;;;;;;/h4-8,11,13,15-17,20,27H,9-10,12,14H2,1-3H3,(H2,24,25)(H,26,29)(H,28,30);1H,2H3;(H2,1,3)(H,2,4);14*1H/t17-,20+;;;;;;;;;;;;;;;;/m0................/s1. The van der Waals surface area contributed by atoms with Crippen LogP contribution in [0.25, 0.3) is 0 Å². The first-order chi connectivity index (χ1) is 29.0. The number of nitrogens with zero attached hydrogens (tertiary/aromatic N) is 4. The van der Waals surface area contributed by atoms with E-state index in [1.165, 1.54) is 11.1 Å². The first-order valence-corrected chi connectivity index (χ1v) is 17.5. The Hall–Kier alpha value is -9.17. The van der Waals surface area contributed by atoms with Crippen molar-refractivity contribution in [2.75, 3.05) is 12.3 Å². The molecule has 0 saturated carbocycles. The summed E-state index contributed by atoms with van der Waals surface area (Å²) < 4.78 is 0. The van der Waals surface area contributed by atoms with Crippen LogP contribution in [0.5, 0.6) is 0 Å². The zero-order valence-corrected chi connectivity index (χ0v) is 33.3. The molecule has 1 aromatic heterocycles. The predicted octanol–water partition coefficient (Wildman–Crippen LogP) is 4.95. The number of amides is 2. The number of nitrogens with one attached hydrogen (secondary N) is 4. The van der Waals surface area contributed by atoms with Crippen LogP contribution >= 0.6 is 0 Å². The minimum absolute atomic E-state index is 0. The van der Waals surface area contributed by atoms with E-state index >= 15 is 0 Å². The Morgan fingerprint density at radius 1 is 0.800 bits per heavy atom. The molecule has 2 amide bonds. The number of rotatable bonds is 13. The van der Waals surface area contributed by atoms with Crippen molar-refractivity contribution < 1.29 is 34.6 Å². The van der Waals surface area contributed by atoms with Crippen LogP contribution in [-0.4, -0.2) is 46.5 Å². The fraction of sp³-hybridized carbons (Fsp3) is 0.239. The molecule has 0 aliphatic rings. The summed E-state index contributed by atoms with van der Waals surface area (Å²) in [5, 5.41) is 22.5. The minimum Gasteiger partial charge on any atom is -0.384 e. The molecule has 1 aromatic carbocycles. The molecule has 2 atom stereocenters. The van der Waals surface area contributed by atoms with E-state index in [1.807, 2.05) is 38.1 Å². The molecule has 326 valence electrons. The number of pyridine rings is 1. The van der Waals surface area contributed by atoms with Gasteiger partial charge in [0.15, 0.2) is 5.22 Å². The van der Waals surface area contributed by atoms with Crippen LogP contribution in [0.1, 0.15) is 65.2 Å². The van der Waals surface area contributed by atoms with Crippen molar-refractivity contribution in [3.8, 4) is 131 Å². The average molecular weight is 825 g/mol. The molecule has 14 nitrogen and oxygen atoms in total. The number of benzene rings is 1. The number of nitrogen functional groups attached to an aromatic ring is 1. The van der Waals surface area contributed by atoms with Crippen LogP contribution in [0, 0.1) is 141 Å². The quantitative estimate of drug-likeness (QED) is 0.0529. The molecule has 14 heteroatoms. The topological polar surface area (TPSA) is 215 Å². The lowest BCUT2D eigenvalue weighted by molar-refractivity contribution is -0.546. The van der Waals surface area contributed by atoms with Gasteiger partial charge in [0.25, 0.3) is 0 Å². The maximum absolute atomic E-state index is 12.8. The van der Waals surface area contributed by atoms with Crippen LogP contribution in [0.4, 0.5) is 5.82 Å². The zero-order chi connectivity index (χ0) is 44.5. The smallest absolute Gasteiger partial charge is 0.242 e. The predicted molar refractivity (Wildman–Crippen MR) is 261 cm³/mol. The van der Waals surface area contributed by atoms with Crippen LogP contribution in [0.3, 0.4) is 0 Å². The molecule has 0 spiro atoms. The number of nitro groups is 1. The number of anilines is 1. The van der Waals surface area contributed by atoms with Crippen LogP contribution in [0.2, 0.25) is 0 Å². The molecular formula is C46H68N10O4. The van der Waals surface area contributed by atoms with E-state index in [0.717, 1.165) is 12.0 Å². The monoisotopic (exact) mass is 825 g/mol. The van der Waals surface area contributed by atoms with Crippen molar-refractivity contribution in [1.29, 1.82) is 0 Å². The normalized spacial score (nSPS) is 9.00. The van der Waals surface area contributed by atoms with Crippen molar-refractivity contribution in [3.63, 3.8) is 0 Å². The van der Waals surface area contributed by atoms with Gasteiger partial charge >= 0.3 is 0 Å². The summed E-state index contributed by atoms with van der Waals surface area (Å²) in [5.74, 6) is 56.4. The number of carbonyl (C=O) groups is 2. The summed E-state index contributed by atoms with van der Waals surface area (Å²) in [5.41, 5.74) is 9.20. The van der Waals surface area contributed by atoms with Gasteiger partial charge in [-0.2, -0.15) is 0 Å². The van der Waals surface area contributed by atoms with E-state index in [-0.39, 0.29) is 43.9 Å². The first-order valence-electron chi connectivity index (χ1n) is 17.5. The molecule has 0 unspecified atom stereocenters. The number of hydrogen-bond donors (Lipinski definition) is 6. The fourth-order valence-corrected chi connectivity index (χ4v) is 3.85. The summed E-state index contributed by atoms with van der Waals surface area (Å²) in [6, 6.07) is 12.9. The van der Waals surface area contributed by atoms with Gasteiger partial charge in [0.1, 0.15) is 11.9 Å². The third-order valence-corrected chi connectivity index (χ3v) is 6.23. The Bertz CT molecular complexity index is 2530. The Kier molecular flexibility index (Phi) is 30.1. The molecule has 60 heavy (non-hydrogen) atoms. The Morgan fingerprint density at radius 3 is 1.75 bits per heavy atom. The number of aryl methyl sites for hydroxylation is 1. The second kappa shape index (κ2) is 35.5. The highest BCUT2D eigenvalue weighted by Gasteiger charge is 2.23. The number of carbonyl (C=O) groups excluding carboxylic acids is 2. The van der Waals surface area contributed by atoms with Gasteiger partial charge in [0.2, 0.25) is 11.8 Å². The number of hydrogen-bond acceptors (Lipinski definition) is 9. The van der Waals surface area contributed by atoms with Gasteiger partial charge in [-0.1, -0.05) is 50.1 Å². The van der Waals surface area contributed by atoms with E-state index in [1.54, 1.807) is 26.1 Å². The molecule has 0 fully saturated rings. The molecule has 0 aliphatic carbocycles. The van der Waals surface area contributed by atoms with Crippen LogP contribution in [-0.2, 0) is 22.4 Å². The van der Waals surface area contributed by atoms with Crippen molar-refractivity contribution in [1.82, 2.24) is 26.5 Å². The summed E-state index contributed by atoms with van der Waals surface area (Å²) in [7, 11) is 0. The Labute approximate surface area is 372 Å². The maximum atomic E-state index is 12.8. The lowest BCUT2D eigenvalue weighted by Crippen LogP contribution is -2.53. The van der Waals surface area contributed by atoms with E-state index in [4.69, 9.17) is 12.2 Å². The lowest BCUT2D eigenvalue weighted by Gasteiger charge is -2.23. The van der Waals surface area contributed by atoms with E-state index in [9.17, 15) is 19.7 Å². The van der Waals surface area contributed by atoms with Crippen molar-refractivity contribution in [2.24, 2.45) is 16.3 Å². The summed E-state index contributed by atoms with van der Waals surface area (Å²) >= 11 is 0. The zero-order valence-electron chi connectivity index (χ0n) is 33.3. The van der Waals surface area contributed by atoms with Gasteiger partial charge in [0.05, 0.1) is 16.3 Å². The highest BCUT2D eigenvalue weighted by molar-refractivity contribution is 5.89. The molecule has 0 saturated heterocycles. The largest absolute Gasteiger partial charge is 0.384 e. The van der Waals surface area contributed by atoms with Crippen molar-refractivity contribution in [3.05, 3.63) is 69.9 Å². The third kappa shape index (κ3) is 31.2. The Morgan fingerprint density at radius 2 is 1.32 bits per heavy atom. The fourth-order valence-electron chi connectivity index (χ4n) is 3.85. The molecule has 8 N–H and O–H groups in total. The van der Waals surface area contributed by atoms with Gasteiger partial charge in [-0.15, -0.1) is 6.42 Å². The highest BCUT2D eigenvalue weighted by Crippen LogP contribution is 2.07. The summed E-state index contributed by atoms with van der Waals surface area (Å²) in [4.78, 5) is 38.3. The van der Waals surface area contributed by atoms with Gasteiger partial charge in [0, 0.05) is 68.0 Å². The number of nitrogens with two attached hydrogens (primary N) is 2. The Balaban J connectivity index is -0.0000000556. The molecule has 2 rings (SSSR count). The first kappa shape index (κ1) is 50.8. The molecule has 0 aliphatic heterocycles. The van der Waals surface area contributed by atoms with Gasteiger partial charge in [-0.3, -0.25) is 15.4 Å². The highest BCUT2D eigenvalue weighted by atomic mass is 16.7. The molecule has 1 heterocycles. The van der Waals surface area contributed by atoms with Gasteiger partial charge in [-0.05, 0) is 151 Å². The second-order valence-corrected chi connectivity index (χ2v) is 11.1. The van der Waals surface area contributed by atoms with Crippen molar-refractivity contribution in [2.45, 2.75) is 65.1 Å². The lowest BCUT2D eigenvalue weighted by atomic mass is 10.0. The van der Waals surface area contributed by atoms with Crippen LogP contribution < -0.4 is 33.1 Å². The molecular weight excluding hydrogens is 757 g/mol. The minimum atomic E-state index is -0.879. The van der Waals surface area contributed by atoms with Crippen LogP contribution in [0.15, 0.2) is 59.1 Å². The number of hydrazine groups is 1. The number of terminal acetylenes is 1. The summed E-state index contributed by atoms with van der Waals surface area (Å²) in [6.45, 7) is 7.86. The van der Waals surface area contributed by atoms with Gasteiger partial charge in [-0.25, -0.2) is 4.98 Å². The van der Waals surface area contributed by atoms with E-state index in [0.29, 0.717) is 25.2 Å². The SMILES string of the molecule is C#CC#CC#CC#CC#CC#CC#CC#CC#CC#CC#CC.CC(C)N[C@H](CCc1ccccc1)C(=O)N[C@@H](C)C(=O)NCCc1ccnc(N)c1.NN=NN[N+](=O)[O-].[HH].[HH].[HH].[HH].[HH].[HH].[HH].[HH].[HH].[HH].[HH].[HH].[HH].[HH]. The second-order valence-electron chi connectivity index (χ2n) is 11.1. The molecule has 0 bridgehead atoms. The van der Waals surface area contributed by atoms with Gasteiger partial charge < -0.3 is 31.8 Å².